The monoisotopic (exact) mass is 401 g/mol. The van der Waals surface area contributed by atoms with Crippen molar-refractivity contribution in [2.24, 2.45) is 10.2 Å². The Balaban J connectivity index is 1.67. The largest absolute Gasteiger partial charge is 0.303 e. The highest BCUT2D eigenvalue weighted by atomic mass is 79.9. The number of amides is 1. The Labute approximate surface area is 153 Å². The molecule has 1 amide bonds. The Kier molecular flexibility index (Phi) is 5.48. The number of rotatable bonds is 4. The summed E-state index contributed by atoms with van der Waals surface area (Å²) in [6, 6.07) is 17.8. The Hall–Kier alpha value is -1.92. The van der Waals surface area contributed by atoms with Gasteiger partial charge in [0.25, 0.3) is 0 Å². The van der Waals surface area contributed by atoms with Crippen molar-refractivity contribution in [2.75, 3.05) is 0 Å². The number of benzene rings is 2. The molecule has 1 aliphatic heterocycles. The van der Waals surface area contributed by atoms with Crippen molar-refractivity contribution in [1.29, 1.82) is 0 Å². The van der Waals surface area contributed by atoms with Gasteiger partial charge < -0.3 is 5.32 Å². The van der Waals surface area contributed by atoms with Crippen LogP contribution in [0.4, 0.5) is 0 Å². The minimum Gasteiger partial charge on any atom is -0.303 e. The number of thioether (sulfide) groups is 1. The fourth-order valence-electron chi connectivity index (χ4n) is 2.28. The zero-order chi connectivity index (χ0) is 16.9. The smallest absolute Gasteiger partial charge is 0.239 e. The first-order chi connectivity index (χ1) is 11.6. The average molecular weight is 402 g/mol. The van der Waals surface area contributed by atoms with Crippen LogP contribution in [0, 0.1) is 0 Å². The molecular weight excluding hydrogens is 386 g/mol. The van der Waals surface area contributed by atoms with Gasteiger partial charge in [0.1, 0.15) is 0 Å². The molecule has 0 aliphatic carbocycles. The molecule has 4 nitrogen and oxygen atoms in total. The summed E-state index contributed by atoms with van der Waals surface area (Å²) in [5.41, 5.74) is 2.95. The van der Waals surface area contributed by atoms with Crippen LogP contribution in [0.5, 0.6) is 0 Å². The summed E-state index contributed by atoms with van der Waals surface area (Å²) in [5.74, 6) is -0.0192. The van der Waals surface area contributed by atoms with Gasteiger partial charge in [0.05, 0.1) is 11.0 Å². The zero-order valence-electron chi connectivity index (χ0n) is 13.1. The number of halogens is 1. The number of nitrogens with zero attached hydrogens (tertiary/aromatic N) is 2. The summed E-state index contributed by atoms with van der Waals surface area (Å²) in [5, 5.41) is 11.6. The van der Waals surface area contributed by atoms with Crippen molar-refractivity contribution < 1.29 is 4.79 Å². The van der Waals surface area contributed by atoms with E-state index in [1.165, 1.54) is 11.8 Å². The van der Waals surface area contributed by atoms with Crippen LogP contribution >= 0.6 is 27.7 Å². The van der Waals surface area contributed by atoms with Gasteiger partial charge in [-0.05, 0) is 36.6 Å². The molecule has 1 N–H and O–H groups in total. The molecule has 1 aliphatic rings. The molecule has 0 radical (unpaired) electrons. The first-order valence-corrected chi connectivity index (χ1v) is 9.19. The Morgan fingerprint density at radius 2 is 1.88 bits per heavy atom. The van der Waals surface area contributed by atoms with Gasteiger partial charge in [-0.1, -0.05) is 70.2 Å². The summed E-state index contributed by atoms with van der Waals surface area (Å²) < 4.78 is 1.03. The highest BCUT2D eigenvalue weighted by Crippen LogP contribution is 2.24. The lowest BCUT2D eigenvalue weighted by Crippen LogP contribution is -2.25. The topological polar surface area (TPSA) is 53.8 Å². The maximum Gasteiger partial charge on any atom is 0.239 e. The standard InChI is InChI=1S/C18H16BrN3OS/c1-12(14-5-3-2-4-6-14)21-22-18-20-17(23)16(24-18)11-13-7-9-15(19)10-8-13/h2-10,16H,11H2,1H3,(H,20,22,23)/b21-12-/t16-/m1/s1. The van der Waals surface area contributed by atoms with Gasteiger partial charge in [-0.3, -0.25) is 4.79 Å². The maximum absolute atomic E-state index is 12.1. The number of hydrogen-bond donors (Lipinski definition) is 1. The summed E-state index contributed by atoms with van der Waals surface area (Å²) in [6.45, 7) is 1.90. The van der Waals surface area contributed by atoms with Crippen LogP contribution in [-0.4, -0.2) is 22.0 Å². The minimum atomic E-state index is -0.169. The number of hydrogen-bond acceptors (Lipinski definition) is 4. The van der Waals surface area contributed by atoms with E-state index in [1.54, 1.807) is 0 Å². The fraction of sp³-hybridized carbons (Fsp3) is 0.167. The molecule has 2 aromatic rings. The molecule has 24 heavy (non-hydrogen) atoms. The van der Waals surface area contributed by atoms with Crippen LogP contribution in [0.2, 0.25) is 0 Å². The second kappa shape index (κ2) is 7.77. The molecule has 3 rings (SSSR count). The number of carbonyl (C=O) groups is 1. The predicted octanol–water partition coefficient (Wildman–Crippen LogP) is 4.00. The highest BCUT2D eigenvalue weighted by molar-refractivity contribution is 9.10. The van der Waals surface area contributed by atoms with Crippen LogP contribution in [-0.2, 0) is 11.2 Å². The number of nitrogens with one attached hydrogen (secondary N) is 1. The van der Waals surface area contributed by atoms with Crippen molar-refractivity contribution in [3.63, 3.8) is 0 Å². The van der Waals surface area contributed by atoms with E-state index in [4.69, 9.17) is 0 Å². The van der Waals surface area contributed by atoms with Crippen LogP contribution in [0.25, 0.3) is 0 Å². The second-order valence-electron chi connectivity index (χ2n) is 5.38. The molecule has 1 heterocycles. The lowest BCUT2D eigenvalue weighted by atomic mass is 10.1. The van der Waals surface area contributed by atoms with E-state index in [1.807, 2.05) is 61.5 Å². The normalized spacial score (nSPS) is 19.6. The van der Waals surface area contributed by atoms with Crippen LogP contribution < -0.4 is 5.32 Å². The molecule has 0 bridgehead atoms. The van der Waals surface area contributed by atoms with E-state index in [0.29, 0.717) is 11.6 Å². The van der Waals surface area contributed by atoms with Crippen LogP contribution in [0.1, 0.15) is 18.1 Å². The number of amidine groups is 1. The first-order valence-electron chi connectivity index (χ1n) is 7.51. The van der Waals surface area contributed by atoms with E-state index >= 15 is 0 Å². The highest BCUT2D eigenvalue weighted by Gasteiger charge is 2.30. The van der Waals surface area contributed by atoms with Crippen molar-refractivity contribution in [3.05, 3.63) is 70.2 Å². The quantitative estimate of drug-likeness (QED) is 0.621. The van der Waals surface area contributed by atoms with Gasteiger partial charge in [0.15, 0.2) is 5.17 Å². The molecular formula is C18H16BrN3OS. The predicted molar refractivity (Wildman–Crippen MR) is 103 cm³/mol. The third kappa shape index (κ3) is 4.33. The second-order valence-corrected chi connectivity index (χ2v) is 7.49. The lowest BCUT2D eigenvalue weighted by Gasteiger charge is -2.05. The summed E-state index contributed by atoms with van der Waals surface area (Å²) in [6.07, 6.45) is 0.671. The van der Waals surface area contributed by atoms with Crippen LogP contribution in [0.3, 0.4) is 0 Å². The van der Waals surface area contributed by atoms with E-state index in [0.717, 1.165) is 21.3 Å². The molecule has 0 unspecified atom stereocenters. The van der Waals surface area contributed by atoms with Crippen molar-refractivity contribution in [3.8, 4) is 0 Å². The van der Waals surface area contributed by atoms with Gasteiger partial charge in [0, 0.05) is 4.47 Å². The van der Waals surface area contributed by atoms with Gasteiger partial charge in [-0.2, -0.15) is 5.10 Å². The van der Waals surface area contributed by atoms with Gasteiger partial charge in [-0.15, -0.1) is 5.10 Å². The molecule has 1 saturated heterocycles. The van der Waals surface area contributed by atoms with Crippen molar-refractivity contribution in [1.82, 2.24) is 5.32 Å². The fourth-order valence-corrected chi connectivity index (χ4v) is 3.50. The zero-order valence-corrected chi connectivity index (χ0v) is 15.5. The molecule has 2 aromatic carbocycles. The van der Waals surface area contributed by atoms with Crippen molar-refractivity contribution >= 4 is 44.5 Å². The third-order valence-corrected chi connectivity index (χ3v) is 5.19. The van der Waals surface area contributed by atoms with Gasteiger partial charge in [-0.25, -0.2) is 0 Å². The van der Waals surface area contributed by atoms with Gasteiger partial charge in [0.2, 0.25) is 5.91 Å². The molecule has 0 saturated carbocycles. The molecule has 6 heteroatoms. The lowest BCUT2D eigenvalue weighted by molar-refractivity contribution is -0.118. The molecule has 0 aromatic heterocycles. The SMILES string of the molecule is C/C(=N/N=C1/NC(=O)[C@@H](Cc2ccc(Br)cc2)S1)c1ccccc1. The van der Waals surface area contributed by atoms with Crippen LogP contribution in [0.15, 0.2) is 69.3 Å². The van der Waals surface area contributed by atoms with E-state index < -0.39 is 0 Å². The summed E-state index contributed by atoms with van der Waals surface area (Å²) in [7, 11) is 0. The molecule has 122 valence electrons. The van der Waals surface area contributed by atoms with Crippen molar-refractivity contribution in [2.45, 2.75) is 18.6 Å². The van der Waals surface area contributed by atoms with E-state index in [2.05, 4.69) is 31.4 Å². The first kappa shape index (κ1) is 16.9. The summed E-state index contributed by atoms with van der Waals surface area (Å²) in [4.78, 5) is 12.1. The van der Waals surface area contributed by atoms with Gasteiger partial charge >= 0.3 is 0 Å². The average Bonchev–Trinajstić information content (AvgIpc) is 2.95. The molecule has 1 atom stereocenters. The van der Waals surface area contributed by atoms with E-state index in [9.17, 15) is 4.79 Å². The minimum absolute atomic E-state index is 0.0192. The molecule has 0 spiro atoms. The Morgan fingerprint density at radius 1 is 1.17 bits per heavy atom. The third-order valence-electron chi connectivity index (χ3n) is 3.59. The summed E-state index contributed by atoms with van der Waals surface area (Å²) >= 11 is 4.84. The Bertz CT molecular complexity index is 788. The maximum atomic E-state index is 12.1. The number of carbonyl (C=O) groups excluding carboxylic acids is 1. The molecule has 1 fully saturated rings. The van der Waals surface area contributed by atoms with E-state index in [-0.39, 0.29) is 11.2 Å². The Morgan fingerprint density at radius 3 is 2.58 bits per heavy atom.